The largest absolute Gasteiger partial charge is 0.490 e. The third kappa shape index (κ3) is 3.86. The fourth-order valence-corrected chi connectivity index (χ4v) is 3.72. The Morgan fingerprint density at radius 1 is 1.13 bits per heavy atom. The number of anilines is 1. The van der Waals surface area contributed by atoms with Crippen LogP contribution in [-0.4, -0.2) is 24.2 Å². The molecule has 2 saturated carbocycles. The quantitative estimate of drug-likeness (QED) is 0.851. The Balaban J connectivity index is 1.59. The molecule has 2 aliphatic rings. The summed E-state index contributed by atoms with van der Waals surface area (Å²) in [5, 5.41) is 3.01. The minimum atomic E-state index is -0.631. The molecule has 126 valence electrons. The minimum Gasteiger partial charge on any atom is -0.490 e. The van der Waals surface area contributed by atoms with Gasteiger partial charge in [0.1, 0.15) is 11.4 Å². The van der Waals surface area contributed by atoms with E-state index in [9.17, 15) is 4.79 Å². The molecule has 0 bridgehead atoms. The number of nitrogens with one attached hydrogen (secondary N) is 1. The summed E-state index contributed by atoms with van der Waals surface area (Å²) < 4.78 is 11.8. The van der Waals surface area contributed by atoms with Gasteiger partial charge >= 0.3 is 0 Å². The van der Waals surface area contributed by atoms with Crippen LogP contribution in [-0.2, 0) is 9.53 Å². The molecule has 0 atom stereocenters. The van der Waals surface area contributed by atoms with Crippen molar-refractivity contribution in [2.24, 2.45) is 0 Å². The summed E-state index contributed by atoms with van der Waals surface area (Å²) in [5.74, 6) is 0.872. The number of hydrogen-bond donors (Lipinski definition) is 1. The Morgan fingerprint density at radius 3 is 2.39 bits per heavy atom. The number of carbonyl (C=O) groups excluding carboxylic acids is 1. The van der Waals surface area contributed by atoms with Gasteiger partial charge in [0.15, 0.2) is 0 Å². The third-order valence-electron chi connectivity index (χ3n) is 4.96. The van der Waals surface area contributed by atoms with Crippen molar-refractivity contribution in [2.75, 3.05) is 11.9 Å². The summed E-state index contributed by atoms with van der Waals surface area (Å²) in [6.45, 7) is 2.52. The van der Waals surface area contributed by atoms with E-state index in [0.29, 0.717) is 12.7 Å². The topological polar surface area (TPSA) is 47.6 Å². The number of hydrogen-bond acceptors (Lipinski definition) is 3. The van der Waals surface area contributed by atoms with Crippen molar-refractivity contribution in [3.63, 3.8) is 0 Å². The van der Waals surface area contributed by atoms with Gasteiger partial charge in [-0.25, -0.2) is 0 Å². The highest BCUT2D eigenvalue weighted by Gasteiger charge is 2.41. The molecule has 1 aromatic rings. The smallest absolute Gasteiger partial charge is 0.256 e. The van der Waals surface area contributed by atoms with Crippen LogP contribution in [0.5, 0.6) is 5.75 Å². The van der Waals surface area contributed by atoms with Crippen LogP contribution in [0.1, 0.15) is 58.3 Å². The first-order chi connectivity index (χ1) is 11.2. The Bertz CT molecular complexity index is 514. The number of carbonyl (C=O) groups is 1. The average Bonchev–Trinajstić information content (AvgIpc) is 3.22. The Morgan fingerprint density at radius 2 is 1.78 bits per heavy atom. The summed E-state index contributed by atoms with van der Waals surface area (Å²) in [7, 11) is 0. The van der Waals surface area contributed by atoms with Crippen LogP contribution in [0.2, 0.25) is 0 Å². The second-order valence-corrected chi connectivity index (χ2v) is 6.64. The number of ether oxygens (including phenoxy) is 2. The van der Waals surface area contributed by atoms with E-state index >= 15 is 0 Å². The number of benzene rings is 1. The molecule has 3 rings (SSSR count). The van der Waals surface area contributed by atoms with Gasteiger partial charge in [-0.15, -0.1) is 0 Å². The lowest BCUT2D eigenvalue weighted by Crippen LogP contribution is -2.43. The molecule has 1 aromatic carbocycles. The van der Waals surface area contributed by atoms with Gasteiger partial charge in [0.2, 0.25) is 0 Å². The molecule has 1 N–H and O–H groups in total. The van der Waals surface area contributed by atoms with E-state index in [1.54, 1.807) is 0 Å². The fourth-order valence-electron chi connectivity index (χ4n) is 3.72. The molecule has 23 heavy (non-hydrogen) atoms. The Hall–Kier alpha value is -1.55. The predicted octanol–water partition coefficient (Wildman–Crippen LogP) is 4.30. The minimum absolute atomic E-state index is 0.0127. The predicted molar refractivity (Wildman–Crippen MR) is 90.8 cm³/mol. The second kappa shape index (κ2) is 7.35. The molecule has 4 nitrogen and oxygen atoms in total. The number of amides is 1. The number of rotatable bonds is 6. The maximum Gasteiger partial charge on any atom is 0.256 e. The molecular weight excluding hydrogens is 290 g/mol. The van der Waals surface area contributed by atoms with Crippen molar-refractivity contribution < 1.29 is 14.3 Å². The molecule has 0 heterocycles. The van der Waals surface area contributed by atoms with Crippen LogP contribution >= 0.6 is 0 Å². The Labute approximate surface area is 138 Å². The summed E-state index contributed by atoms with van der Waals surface area (Å²) in [6.07, 6.45) is 8.92. The summed E-state index contributed by atoms with van der Waals surface area (Å²) >= 11 is 0. The van der Waals surface area contributed by atoms with E-state index in [4.69, 9.17) is 9.47 Å². The highest BCUT2D eigenvalue weighted by atomic mass is 16.5. The molecule has 0 aliphatic heterocycles. The van der Waals surface area contributed by atoms with Gasteiger partial charge in [-0.3, -0.25) is 4.79 Å². The lowest BCUT2D eigenvalue weighted by Gasteiger charge is -2.27. The maximum absolute atomic E-state index is 12.6. The SMILES string of the molecule is CCOC1(C(=O)Nc2ccc(OC3CCCC3)cc2)CCCC1. The van der Waals surface area contributed by atoms with Gasteiger partial charge in [0, 0.05) is 12.3 Å². The molecule has 0 spiro atoms. The van der Waals surface area contributed by atoms with E-state index in [0.717, 1.165) is 50.0 Å². The first kappa shape index (κ1) is 16.3. The van der Waals surface area contributed by atoms with E-state index in [-0.39, 0.29) is 5.91 Å². The van der Waals surface area contributed by atoms with Gasteiger partial charge < -0.3 is 14.8 Å². The van der Waals surface area contributed by atoms with E-state index < -0.39 is 5.60 Å². The van der Waals surface area contributed by atoms with Crippen LogP contribution in [0.4, 0.5) is 5.69 Å². The third-order valence-corrected chi connectivity index (χ3v) is 4.96. The zero-order valence-corrected chi connectivity index (χ0v) is 14.0. The lowest BCUT2D eigenvalue weighted by atomic mass is 10.0. The molecule has 2 aliphatic carbocycles. The average molecular weight is 317 g/mol. The molecule has 0 radical (unpaired) electrons. The summed E-state index contributed by atoms with van der Waals surface area (Å²) in [5.41, 5.74) is 0.174. The first-order valence-corrected chi connectivity index (χ1v) is 8.94. The van der Waals surface area contributed by atoms with Crippen molar-refractivity contribution >= 4 is 11.6 Å². The van der Waals surface area contributed by atoms with Crippen molar-refractivity contribution in [3.8, 4) is 5.75 Å². The lowest BCUT2D eigenvalue weighted by molar-refractivity contribution is -0.140. The van der Waals surface area contributed by atoms with Crippen molar-refractivity contribution in [1.29, 1.82) is 0 Å². The van der Waals surface area contributed by atoms with Crippen LogP contribution < -0.4 is 10.1 Å². The summed E-state index contributed by atoms with van der Waals surface area (Å²) in [6, 6.07) is 7.71. The van der Waals surface area contributed by atoms with Gasteiger partial charge in [-0.05, 0) is 82.6 Å². The molecule has 0 unspecified atom stereocenters. The van der Waals surface area contributed by atoms with Crippen molar-refractivity contribution in [3.05, 3.63) is 24.3 Å². The van der Waals surface area contributed by atoms with Crippen molar-refractivity contribution in [2.45, 2.75) is 70.0 Å². The van der Waals surface area contributed by atoms with E-state index in [1.807, 2.05) is 31.2 Å². The van der Waals surface area contributed by atoms with Gasteiger partial charge in [-0.1, -0.05) is 0 Å². The van der Waals surface area contributed by atoms with Crippen molar-refractivity contribution in [1.82, 2.24) is 0 Å². The monoisotopic (exact) mass is 317 g/mol. The fraction of sp³-hybridized carbons (Fsp3) is 0.632. The highest BCUT2D eigenvalue weighted by molar-refractivity contribution is 5.97. The molecule has 0 saturated heterocycles. The van der Waals surface area contributed by atoms with Gasteiger partial charge in [-0.2, -0.15) is 0 Å². The van der Waals surface area contributed by atoms with Gasteiger partial charge in [0.05, 0.1) is 6.10 Å². The molecule has 1 amide bonds. The molecule has 0 aromatic heterocycles. The maximum atomic E-state index is 12.6. The van der Waals surface area contributed by atoms with Gasteiger partial charge in [0.25, 0.3) is 5.91 Å². The standard InChI is InChI=1S/C19H27NO3/c1-2-22-19(13-5-6-14-19)18(21)20-15-9-11-17(12-10-15)23-16-7-3-4-8-16/h9-12,16H,2-8,13-14H2,1H3,(H,20,21). The molecular formula is C19H27NO3. The second-order valence-electron chi connectivity index (χ2n) is 6.64. The van der Waals surface area contributed by atoms with Crippen LogP contribution in [0.25, 0.3) is 0 Å². The van der Waals surface area contributed by atoms with E-state index in [2.05, 4.69) is 5.32 Å². The summed E-state index contributed by atoms with van der Waals surface area (Å²) in [4.78, 5) is 12.6. The van der Waals surface area contributed by atoms with Crippen LogP contribution in [0.3, 0.4) is 0 Å². The zero-order chi connectivity index (χ0) is 16.1. The van der Waals surface area contributed by atoms with Crippen LogP contribution in [0.15, 0.2) is 24.3 Å². The Kier molecular flexibility index (Phi) is 5.21. The molecule has 2 fully saturated rings. The molecule has 4 heteroatoms. The normalized spacial score (nSPS) is 20.6. The van der Waals surface area contributed by atoms with Crippen LogP contribution in [0, 0.1) is 0 Å². The highest BCUT2D eigenvalue weighted by Crippen LogP contribution is 2.34. The first-order valence-electron chi connectivity index (χ1n) is 8.94. The van der Waals surface area contributed by atoms with E-state index in [1.165, 1.54) is 12.8 Å². The zero-order valence-electron chi connectivity index (χ0n) is 14.0.